The van der Waals surface area contributed by atoms with Gasteiger partial charge in [-0.2, -0.15) is 0 Å². The van der Waals surface area contributed by atoms with Crippen molar-refractivity contribution in [2.75, 3.05) is 6.61 Å². The van der Waals surface area contributed by atoms with E-state index >= 15 is 0 Å². The second-order valence-corrected chi connectivity index (χ2v) is 2.89. The monoisotopic (exact) mass is 167 g/mol. The van der Waals surface area contributed by atoms with E-state index in [4.69, 9.17) is 5.11 Å². The van der Waals surface area contributed by atoms with Crippen LogP contribution in [-0.4, -0.2) is 21.8 Å². The first-order valence-electron chi connectivity index (χ1n) is 3.94. The number of pyridine rings is 1. The lowest BCUT2D eigenvalue weighted by molar-refractivity contribution is 0.0768. The van der Waals surface area contributed by atoms with Gasteiger partial charge in [-0.3, -0.25) is 4.98 Å². The van der Waals surface area contributed by atoms with Crippen LogP contribution in [0.3, 0.4) is 0 Å². The molecule has 2 atom stereocenters. The molecule has 1 aromatic rings. The van der Waals surface area contributed by atoms with E-state index in [-0.39, 0.29) is 12.5 Å². The van der Waals surface area contributed by atoms with E-state index in [9.17, 15) is 5.11 Å². The third-order valence-electron chi connectivity index (χ3n) is 1.85. The van der Waals surface area contributed by atoms with Gasteiger partial charge < -0.3 is 10.2 Å². The van der Waals surface area contributed by atoms with E-state index in [1.54, 1.807) is 31.5 Å². The summed E-state index contributed by atoms with van der Waals surface area (Å²) in [5.74, 6) is -0.144. The molecule has 3 nitrogen and oxygen atoms in total. The third kappa shape index (κ3) is 2.03. The minimum absolute atomic E-state index is 0.0178. The lowest BCUT2D eigenvalue weighted by atomic mass is 10.00. The lowest BCUT2D eigenvalue weighted by Crippen LogP contribution is -2.12. The number of hydrogen-bond acceptors (Lipinski definition) is 3. The molecule has 12 heavy (non-hydrogen) atoms. The highest BCUT2D eigenvalue weighted by Gasteiger charge is 2.14. The molecule has 0 aromatic carbocycles. The highest BCUT2D eigenvalue weighted by molar-refractivity contribution is 5.12. The first kappa shape index (κ1) is 9.16. The highest BCUT2D eigenvalue weighted by Crippen LogP contribution is 2.19. The molecular formula is C9H13NO2. The van der Waals surface area contributed by atoms with E-state index in [0.29, 0.717) is 0 Å². The second-order valence-electron chi connectivity index (χ2n) is 2.89. The zero-order chi connectivity index (χ0) is 8.97. The van der Waals surface area contributed by atoms with Gasteiger partial charge in [-0.1, -0.05) is 13.0 Å². The summed E-state index contributed by atoms with van der Waals surface area (Å²) in [4.78, 5) is 3.88. The van der Waals surface area contributed by atoms with E-state index in [0.717, 1.165) is 5.56 Å². The average Bonchev–Trinajstić information content (AvgIpc) is 2.17. The summed E-state index contributed by atoms with van der Waals surface area (Å²) >= 11 is 0. The summed E-state index contributed by atoms with van der Waals surface area (Å²) in [6.07, 6.45) is 2.64. The minimum Gasteiger partial charge on any atom is -0.396 e. The van der Waals surface area contributed by atoms with Gasteiger partial charge in [0, 0.05) is 24.9 Å². The van der Waals surface area contributed by atoms with Crippen LogP contribution in [0.1, 0.15) is 18.6 Å². The number of nitrogens with zero attached hydrogens (tertiary/aromatic N) is 1. The van der Waals surface area contributed by atoms with E-state index in [1.807, 2.05) is 0 Å². The predicted molar refractivity (Wildman–Crippen MR) is 45.4 cm³/mol. The topological polar surface area (TPSA) is 53.4 Å². The van der Waals surface area contributed by atoms with Crippen molar-refractivity contribution in [3.8, 4) is 0 Å². The Morgan fingerprint density at radius 1 is 1.58 bits per heavy atom. The summed E-state index contributed by atoms with van der Waals surface area (Å²) in [6.45, 7) is 1.77. The summed E-state index contributed by atoms with van der Waals surface area (Å²) in [5.41, 5.74) is 0.749. The van der Waals surface area contributed by atoms with Gasteiger partial charge in [0.1, 0.15) is 0 Å². The molecule has 0 spiro atoms. The molecule has 0 saturated carbocycles. The van der Waals surface area contributed by atoms with Crippen LogP contribution < -0.4 is 0 Å². The van der Waals surface area contributed by atoms with Gasteiger partial charge in [0.25, 0.3) is 0 Å². The Morgan fingerprint density at radius 3 is 2.83 bits per heavy atom. The van der Waals surface area contributed by atoms with Crippen LogP contribution in [0.2, 0.25) is 0 Å². The zero-order valence-corrected chi connectivity index (χ0v) is 7.01. The molecule has 0 aliphatic carbocycles. The quantitative estimate of drug-likeness (QED) is 0.698. The van der Waals surface area contributed by atoms with Crippen molar-refractivity contribution in [1.82, 2.24) is 4.98 Å². The molecule has 1 rings (SSSR count). The number of aromatic nitrogens is 1. The number of aliphatic hydroxyl groups excluding tert-OH is 2. The zero-order valence-electron chi connectivity index (χ0n) is 7.01. The van der Waals surface area contributed by atoms with Crippen LogP contribution in [0.25, 0.3) is 0 Å². The van der Waals surface area contributed by atoms with Crippen LogP contribution in [0.4, 0.5) is 0 Å². The van der Waals surface area contributed by atoms with Crippen molar-refractivity contribution >= 4 is 0 Å². The van der Waals surface area contributed by atoms with E-state index < -0.39 is 6.10 Å². The molecule has 0 fully saturated rings. The molecule has 1 aromatic heterocycles. The van der Waals surface area contributed by atoms with Crippen LogP contribution in [-0.2, 0) is 0 Å². The summed E-state index contributed by atoms with van der Waals surface area (Å²) in [5, 5.41) is 18.4. The fourth-order valence-electron chi connectivity index (χ4n) is 0.979. The first-order chi connectivity index (χ1) is 5.75. The Balaban J connectivity index is 2.71. The maximum Gasteiger partial charge on any atom is 0.0852 e. The van der Waals surface area contributed by atoms with Gasteiger partial charge in [0.15, 0.2) is 0 Å². The number of rotatable bonds is 3. The first-order valence-corrected chi connectivity index (χ1v) is 3.94. The van der Waals surface area contributed by atoms with Gasteiger partial charge in [0.05, 0.1) is 6.10 Å². The molecule has 0 amide bonds. The third-order valence-corrected chi connectivity index (χ3v) is 1.85. The SMILES string of the molecule is C[C@H](CO)[C@@H](O)c1cccnc1. The highest BCUT2D eigenvalue weighted by atomic mass is 16.3. The molecule has 1 heterocycles. The molecule has 3 heteroatoms. The summed E-state index contributed by atoms with van der Waals surface area (Å²) in [6, 6.07) is 3.56. The number of hydrogen-bond donors (Lipinski definition) is 2. The standard InChI is InChI=1S/C9H13NO2/c1-7(6-11)9(12)8-3-2-4-10-5-8/h2-5,7,9,11-12H,6H2,1H3/t7-,9-/m1/s1. The molecule has 0 bridgehead atoms. The molecule has 0 radical (unpaired) electrons. The average molecular weight is 167 g/mol. The Morgan fingerprint density at radius 2 is 2.33 bits per heavy atom. The molecule has 0 saturated heterocycles. The second kappa shape index (κ2) is 4.18. The molecule has 0 aliphatic rings. The Bertz CT molecular complexity index is 225. The van der Waals surface area contributed by atoms with Crippen LogP contribution in [0.15, 0.2) is 24.5 Å². The van der Waals surface area contributed by atoms with Crippen LogP contribution in [0, 0.1) is 5.92 Å². The van der Waals surface area contributed by atoms with Crippen molar-refractivity contribution in [3.05, 3.63) is 30.1 Å². The van der Waals surface area contributed by atoms with Gasteiger partial charge in [-0.05, 0) is 11.6 Å². The largest absolute Gasteiger partial charge is 0.396 e. The fraction of sp³-hybridized carbons (Fsp3) is 0.444. The van der Waals surface area contributed by atoms with Gasteiger partial charge in [-0.25, -0.2) is 0 Å². The molecule has 2 N–H and O–H groups in total. The summed E-state index contributed by atoms with van der Waals surface area (Å²) in [7, 11) is 0. The Hall–Kier alpha value is -0.930. The summed E-state index contributed by atoms with van der Waals surface area (Å²) < 4.78 is 0. The Labute approximate surface area is 71.7 Å². The smallest absolute Gasteiger partial charge is 0.0852 e. The maximum absolute atomic E-state index is 9.59. The maximum atomic E-state index is 9.59. The van der Waals surface area contributed by atoms with Crippen LogP contribution >= 0.6 is 0 Å². The molecule has 0 unspecified atom stereocenters. The van der Waals surface area contributed by atoms with E-state index in [1.165, 1.54) is 0 Å². The predicted octanol–water partition coefficient (Wildman–Crippen LogP) is 0.743. The molecule has 66 valence electrons. The fourth-order valence-corrected chi connectivity index (χ4v) is 0.979. The lowest BCUT2D eigenvalue weighted by Gasteiger charge is -2.15. The normalized spacial score (nSPS) is 15.6. The van der Waals surface area contributed by atoms with Gasteiger partial charge in [-0.15, -0.1) is 0 Å². The number of aliphatic hydroxyl groups is 2. The van der Waals surface area contributed by atoms with Gasteiger partial charge >= 0.3 is 0 Å². The van der Waals surface area contributed by atoms with Crippen molar-refractivity contribution in [3.63, 3.8) is 0 Å². The van der Waals surface area contributed by atoms with Gasteiger partial charge in [0.2, 0.25) is 0 Å². The van der Waals surface area contributed by atoms with Crippen LogP contribution in [0.5, 0.6) is 0 Å². The van der Waals surface area contributed by atoms with Crippen molar-refractivity contribution in [2.24, 2.45) is 5.92 Å². The minimum atomic E-state index is -0.622. The molecule has 0 aliphatic heterocycles. The van der Waals surface area contributed by atoms with Crippen molar-refractivity contribution in [1.29, 1.82) is 0 Å². The molecular weight excluding hydrogens is 154 g/mol. The van der Waals surface area contributed by atoms with Crippen molar-refractivity contribution in [2.45, 2.75) is 13.0 Å². The Kier molecular flexibility index (Phi) is 3.19. The van der Waals surface area contributed by atoms with Crippen molar-refractivity contribution < 1.29 is 10.2 Å². The van der Waals surface area contributed by atoms with E-state index in [2.05, 4.69) is 4.98 Å².